The van der Waals surface area contributed by atoms with Crippen LogP contribution in [0.3, 0.4) is 0 Å². The van der Waals surface area contributed by atoms with Crippen molar-refractivity contribution in [1.82, 2.24) is 14.6 Å². The van der Waals surface area contributed by atoms with Gasteiger partial charge in [0.1, 0.15) is 5.75 Å². The van der Waals surface area contributed by atoms with E-state index in [-0.39, 0.29) is 0 Å². The van der Waals surface area contributed by atoms with Crippen molar-refractivity contribution in [3.8, 4) is 16.9 Å². The summed E-state index contributed by atoms with van der Waals surface area (Å²) in [6.45, 7) is 0. The molecule has 2 aromatic heterocycles. The van der Waals surface area contributed by atoms with Gasteiger partial charge in [-0.3, -0.25) is 0 Å². The first-order chi connectivity index (χ1) is 11.8. The van der Waals surface area contributed by atoms with Gasteiger partial charge in [0.05, 0.1) is 12.8 Å². The van der Waals surface area contributed by atoms with E-state index in [0.717, 1.165) is 28.2 Å². The molecule has 24 heavy (non-hydrogen) atoms. The van der Waals surface area contributed by atoms with Crippen LogP contribution >= 0.6 is 0 Å². The monoisotopic (exact) mass is 316 g/mol. The standard InChI is InChI=1S/C19H16N4O/c1-24-17-10-6-5-9-16(17)20-19-21-18-12-11-15(13-23(18)22-19)14-7-3-2-4-8-14/h2-13H,1H3,(H,20,22). The second kappa shape index (κ2) is 6.04. The number of methoxy groups -OCH3 is 1. The van der Waals surface area contributed by atoms with Crippen LogP contribution in [0.1, 0.15) is 0 Å². The molecule has 0 aliphatic heterocycles. The van der Waals surface area contributed by atoms with E-state index in [1.807, 2.05) is 60.8 Å². The van der Waals surface area contributed by atoms with E-state index in [0.29, 0.717) is 5.95 Å². The fourth-order valence-corrected chi connectivity index (χ4v) is 2.61. The zero-order valence-electron chi connectivity index (χ0n) is 13.2. The lowest BCUT2D eigenvalue weighted by atomic mass is 10.1. The molecule has 5 nitrogen and oxygen atoms in total. The fourth-order valence-electron chi connectivity index (χ4n) is 2.61. The maximum absolute atomic E-state index is 5.34. The van der Waals surface area contributed by atoms with Crippen molar-refractivity contribution < 1.29 is 4.74 Å². The SMILES string of the molecule is COc1ccccc1Nc1nc2ccc(-c3ccccc3)cn2n1. The summed E-state index contributed by atoms with van der Waals surface area (Å²) in [7, 11) is 1.64. The van der Waals surface area contributed by atoms with Crippen molar-refractivity contribution in [1.29, 1.82) is 0 Å². The minimum absolute atomic E-state index is 0.532. The highest BCUT2D eigenvalue weighted by molar-refractivity contribution is 5.66. The Labute approximate surface area is 139 Å². The molecule has 0 aliphatic carbocycles. The number of hydrogen-bond donors (Lipinski definition) is 1. The number of aromatic nitrogens is 3. The lowest BCUT2D eigenvalue weighted by molar-refractivity contribution is 0.417. The van der Waals surface area contributed by atoms with Gasteiger partial charge in [0.25, 0.3) is 0 Å². The molecule has 0 saturated heterocycles. The van der Waals surface area contributed by atoms with E-state index < -0.39 is 0 Å². The molecule has 0 amide bonds. The Bertz CT molecular complexity index is 979. The molecule has 1 N–H and O–H groups in total. The number of anilines is 2. The first-order valence-electron chi connectivity index (χ1n) is 7.65. The van der Waals surface area contributed by atoms with E-state index >= 15 is 0 Å². The third-order valence-electron chi connectivity index (χ3n) is 3.79. The molecule has 0 saturated carbocycles. The molecule has 0 atom stereocenters. The number of fused-ring (bicyclic) bond motifs is 1. The van der Waals surface area contributed by atoms with Crippen molar-refractivity contribution >= 4 is 17.3 Å². The van der Waals surface area contributed by atoms with Gasteiger partial charge in [-0.05, 0) is 29.8 Å². The van der Waals surface area contributed by atoms with E-state index in [1.165, 1.54) is 0 Å². The number of para-hydroxylation sites is 2. The molecular formula is C19H16N4O. The molecule has 0 fully saturated rings. The van der Waals surface area contributed by atoms with Crippen LogP contribution in [0, 0.1) is 0 Å². The first-order valence-corrected chi connectivity index (χ1v) is 7.65. The van der Waals surface area contributed by atoms with Crippen LogP contribution in [0.2, 0.25) is 0 Å². The fraction of sp³-hybridized carbons (Fsp3) is 0.0526. The number of pyridine rings is 1. The van der Waals surface area contributed by atoms with Crippen LogP contribution in [0.15, 0.2) is 72.9 Å². The third kappa shape index (κ3) is 2.67. The van der Waals surface area contributed by atoms with Crippen LogP contribution in [0.5, 0.6) is 5.75 Å². The van der Waals surface area contributed by atoms with Crippen LogP contribution < -0.4 is 10.1 Å². The zero-order chi connectivity index (χ0) is 16.4. The second-order valence-corrected chi connectivity index (χ2v) is 5.35. The summed E-state index contributed by atoms with van der Waals surface area (Å²) in [5.41, 5.74) is 3.86. The number of hydrogen-bond acceptors (Lipinski definition) is 4. The predicted octanol–water partition coefficient (Wildman–Crippen LogP) is 4.15. The Balaban J connectivity index is 1.68. The van der Waals surface area contributed by atoms with Crippen molar-refractivity contribution in [3.05, 3.63) is 72.9 Å². The first kappa shape index (κ1) is 14.3. The Kier molecular flexibility index (Phi) is 3.59. The third-order valence-corrected chi connectivity index (χ3v) is 3.79. The lowest BCUT2D eigenvalue weighted by Gasteiger charge is -2.07. The largest absolute Gasteiger partial charge is 0.495 e. The second-order valence-electron chi connectivity index (χ2n) is 5.35. The Morgan fingerprint density at radius 3 is 2.50 bits per heavy atom. The molecule has 118 valence electrons. The summed E-state index contributed by atoms with van der Waals surface area (Å²) in [5, 5.41) is 7.71. The van der Waals surface area contributed by atoms with Gasteiger partial charge in [0.15, 0.2) is 5.65 Å². The molecule has 4 rings (SSSR count). The predicted molar refractivity (Wildman–Crippen MR) is 94.7 cm³/mol. The Morgan fingerprint density at radius 1 is 0.875 bits per heavy atom. The topological polar surface area (TPSA) is 51.5 Å². The molecule has 0 aliphatic rings. The molecule has 0 unspecified atom stereocenters. The molecule has 2 heterocycles. The number of ether oxygens (including phenoxy) is 1. The highest BCUT2D eigenvalue weighted by Crippen LogP contribution is 2.26. The lowest BCUT2D eigenvalue weighted by Crippen LogP contribution is -1.96. The smallest absolute Gasteiger partial charge is 0.247 e. The maximum atomic E-state index is 5.34. The van der Waals surface area contributed by atoms with Crippen molar-refractivity contribution in [2.75, 3.05) is 12.4 Å². The van der Waals surface area contributed by atoms with Crippen molar-refractivity contribution in [2.24, 2.45) is 0 Å². The summed E-state index contributed by atoms with van der Waals surface area (Å²) >= 11 is 0. The molecule has 2 aromatic carbocycles. The van der Waals surface area contributed by atoms with Gasteiger partial charge >= 0.3 is 0 Å². The minimum atomic E-state index is 0.532. The van der Waals surface area contributed by atoms with Gasteiger partial charge in [0.2, 0.25) is 5.95 Å². The summed E-state index contributed by atoms with van der Waals surface area (Å²) < 4.78 is 7.12. The molecule has 0 spiro atoms. The highest BCUT2D eigenvalue weighted by Gasteiger charge is 2.08. The molecule has 0 bridgehead atoms. The summed E-state index contributed by atoms with van der Waals surface area (Å²) in [6, 6.07) is 21.9. The number of rotatable bonds is 4. The molecule has 4 aromatic rings. The Morgan fingerprint density at radius 2 is 1.67 bits per heavy atom. The van der Waals surface area contributed by atoms with Crippen LogP contribution in [0.25, 0.3) is 16.8 Å². The molecular weight excluding hydrogens is 300 g/mol. The molecule has 0 radical (unpaired) electrons. The van der Waals surface area contributed by atoms with E-state index in [4.69, 9.17) is 4.74 Å². The molecule has 5 heteroatoms. The summed E-state index contributed by atoms with van der Waals surface area (Å²) in [5.74, 6) is 1.28. The zero-order valence-corrected chi connectivity index (χ0v) is 13.2. The van der Waals surface area contributed by atoms with E-state index in [2.05, 4.69) is 27.5 Å². The van der Waals surface area contributed by atoms with Gasteiger partial charge < -0.3 is 10.1 Å². The quantitative estimate of drug-likeness (QED) is 0.614. The summed E-state index contributed by atoms with van der Waals surface area (Å²) in [4.78, 5) is 4.50. The van der Waals surface area contributed by atoms with Crippen LogP contribution in [-0.2, 0) is 0 Å². The average Bonchev–Trinajstić information content (AvgIpc) is 3.04. The van der Waals surface area contributed by atoms with Crippen LogP contribution in [-0.4, -0.2) is 21.7 Å². The minimum Gasteiger partial charge on any atom is -0.495 e. The van der Waals surface area contributed by atoms with Crippen LogP contribution in [0.4, 0.5) is 11.6 Å². The van der Waals surface area contributed by atoms with Gasteiger partial charge in [-0.15, -0.1) is 5.10 Å². The summed E-state index contributed by atoms with van der Waals surface area (Å²) in [6.07, 6.45) is 1.98. The average molecular weight is 316 g/mol. The van der Waals surface area contributed by atoms with Gasteiger partial charge in [-0.2, -0.15) is 4.98 Å². The van der Waals surface area contributed by atoms with Gasteiger partial charge in [-0.25, -0.2) is 4.52 Å². The maximum Gasteiger partial charge on any atom is 0.247 e. The number of nitrogens with one attached hydrogen (secondary N) is 1. The number of nitrogens with zero attached hydrogens (tertiary/aromatic N) is 3. The highest BCUT2D eigenvalue weighted by atomic mass is 16.5. The normalized spacial score (nSPS) is 10.7. The van der Waals surface area contributed by atoms with Gasteiger partial charge in [-0.1, -0.05) is 42.5 Å². The van der Waals surface area contributed by atoms with Gasteiger partial charge in [0, 0.05) is 11.8 Å². The van der Waals surface area contributed by atoms with E-state index in [9.17, 15) is 0 Å². The number of benzene rings is 2. The van der Waals surface area contributed by atoms with Crippen molar-refractivity contribution in [3.63, 3.8) is 0 Å². The Hall–Kier alpha value is -3.34. The van der Waals surface area contributed by atoms with Crippen molar-refractivity contribution in [2.45, 2.75) is 0 Å². The van der Waals surface area contributed by atoms with E-state index in [1.54, 1.807) is 11.6 Å².